The van der Waals surface area contributed by atoms with E-state index in [1.807, 2.05) is 13.8 Å². The Hall–Kier alpha value is -2.85. The molecule has 2 saturated heterocycles. The van der Waals surface area contributed by atoms with Crippen molar-refractivity contribution in [2.45, 2.75) is 92.0 Å². The van der Waals surface area contributed by atoms with Gasteiger partial charge >= 0.3 is 6.09 Å². The fourth-order valence-electron chi connectivity index (χ4n) is 5.49. The summed E-state index contributed by atoms with van der Waals surface area (Å²) in [5.41, 5.74) is 3.87. The largest absolute Gasteiger partial charge is 0.444 e. The SMILES string of the molecule is [2H]C1([2H])CC(C[C@H](NC(=O)[C@@H]2[C@@H]3[C@H](CN2C(=O)[C@@H](NC(=O)OC(C)(C)C)C(C)(C)C)C3(C)C)C(N)=O)C(=O)N1. The summed E-state index contributed by atoms with van der Waals surface area (Å²) in [6.07, 6.45) is -1.05. The zero-order chi connectivity index (χ0) is 29.9. The molecular formula is C26H43N5O6. The minimum atomic E-state index is -1.91. The third-order valence-corrected chi connectivity index (χ3v) is 7.65. The Morgan fingerprint density at radius 1 is 1.19 bits per heavy atom. The molecule has 0 aromatic heterocycles. The molecule has 3 fully saturated rings. The molecule has 1 aliphatic carbocycles. The Kier molecular flexibility index (Phi) is 6.83. The van der Waals surface area contributed by atoms with Gasteiger partial charge in [-0.05, 0) is 56.3 Å². The number of rotatable bonds is 7. The lowest BCUT2D eigenvalue weighted by Crippen LogP contribution is -2.60. The van der Waals surface area contributed by atoms with E-state index in [-0.39, 0.29) is 30.1 Å². The van der Waals surface area contributed by atoms with Gasteiger partial charge in [0.2, 0.25) is 23.6 Å². The number of carbonyl (C=O) groups is 5. The lowest BCUT2D eigenvalue weighted by atomic mass is 9.85. The highest BCUT2D eigenvalue weighted by molar-refractivity contribution is 5.95. The molecule has 3 aliphatic rings. The van der Waals surface area contributed by atoms with E-state index < -0.39 is 71.3 Å². The summed E-state index contributed by atoms with van der Waals surface area (Å²) in [5.74, 6) is -3.37. The highest BCUT2D eigenvalue weighted by Crippen LogP contribution is 2.65. The summed E-state index contributed by atoms with van der Waals surface area (Å²) in [7, 11) is 0. The molecule has 5 N–H and O–H groups in total. The van der Waals surface area contributed by atoms with Crippen LogP contribution in [0.2, 0.25) is 0 Å². The Morgan fingerprint density at radius 3 is 2.30 bits per heavy atom. The van der Waals surface area contributed by atoms with Crippen molar-refractivity contribution in [3.63, 3.8) is 0 Å². The van der Waals surface area contributed by atoms with E-state index in [9.17, 15) is 24.0 Å². The van der Waals surface area contributed by atoms with Crippen LogP contribution in [0.15, 0.2) is 0 Å². The molecule has 208 valence electrons. The number of ether oxygens (including phenoxy) is 1. The van der Waals surface area contributed by atoms with Crippen LogP contribution in [0.3, 0.4) is 0 Å². The second kappa shape index (κ2) is 9.79. The van der Waals surface area contributed by atoms with Crippen LogP contribution < -0.4 is 21.7 Å². The third-order valence-electron chi connectivity index (χ3n) is 7.65. The number of alkyl carbamates (subject to hydrolysis) is 1. The zero-order valence-corrected chi connectivity index (χ0v) is 23.1. The number of primary amides is 1. The van der Waals surface area contributed by atoms with Gasteiger partial charge < -0.3 is 31.3 Å². The Bertz CT molecular complexity index is 1050. The maximum absolute atomic E-state index is 13.9. The number of amides is 5. The van der Waals surface area contributed by atoms with Gasteiger partial charge in [0.15, 0.2) is 0 Å². The number of nitrogens with zero attached hydrogens (tertiary/aromatic N) is 1. The van der Waals surface area contributed by atoms with Crippen molar-refractivity contribution in [3.05, 3.63) is 0 Å². The second-order valence-corrected chi connectivity index (χ2v) is 13.1. The Morgan fingerprint density at radius 2 is 1.81 bits per heavy atom. The van der Waals surface area contributed by atoms with Gasteiger partial charge in [0.1, 0.15) is 23.7 Å². The first kappa shape index (κ1) is 25.8. The second-order valence-electron chi connectivity index (χ2n) is 13.1. The lowest BCUT2D eigenvalue weighted by molar-refractivity contribution is -0.144. The van der Waals surface area contributed by atoms with E-state index in [2.05, 4.69) is 16.0 Å². The van der Waals surface area contributed by atoms with Gasteiger partial charge in [-0.1, -0.05) is 34.6 Å². The molecule has 5 amide bonds. The van der Waals surface area contributed by atoms with Crippen LogP contribution in [0.25, 0.3) is 0 Å². The van der Waals surface area contributed by atoms with E-state index in [1.54, 1.807) is 41.5 Å². The molecule has 0 aromatic rings. The molecule has 2 heterocycles. The molecule has 2 aliphatic heterocycles. The summed E-state index contributed by atoms with van der Waals surface area (Å²) in [5, 5.41) is 7.55. The quantitative estimate of drug-likeness (QED) is 0.388. The smallest absolute Gasteiger partial charge is 0.408 e. The van der Waals surface area contributed by atoms with Crippen molar-refractivity contribution < 1.29 is 31.5 Å². The number of carbonyl (C=O) groups excluding carboxylic acids is 5. The number of hydrogen-bond acceptors (Lipinski definition) is 6. The Balaban J connectivity index is 1.82. The van der Waals surface area contributed by atoms with Gasteiger partial charge in [-0.3, -0.25) is 19.2 Å². The van der Waals surface area contributed by atoms with Crippen LogP contribution in [-0.2, 0) is 23.9 Å². The van der Waals surface area contributed by atoms with E-state index in [0.717, 1.165) is 0 Å². The molecule has 6 atom stereocenters. The van der Waals surface area contributed by atoms with E-state index in [4.69, 9.17) is 13.2 Å². The lowest BCUT2D eigenvalue weighted by Gasteiger charge is -2.38. The van der Waals surface area contributed by atoms with Gasteiger partial charge in [0.05, 0.1) is 0 Å². The van der Waals surface area contributed by atoms with Crippen LogP contribution in [0, 0.1) is 28.6 Å². The number of hydrogen-bond donors (Lipinski definition) is 4. The fraction of sp³-hybridized carbons (Fsp3) is 0.808. The molecule has 0 bridgehead atoms. The molecule has 0 radical (unpaired) electrons. The van der Waals surface area contributed by atoms with Crippen molar-refractivity contribution in [3.8, 4) is 0 Å². The van der Waals surface area contributed by atoms with Crippen molar-refractivity contribution in [2.24, 2.45) is 34.3 Å². The van der Waals surface area contributed by atoms with Crippen LogP contribution in [-0.4, -0.2) is 71.4 Å². The van der Waals surface area contributed by atoms with Crippen molar-refractivity contribution >= 4 is 29.7 Å². The predicted octanol–water partition coefficient (Wildman–Crippen LogP) is 0.905. The van der Waals surface area contributed by atoms with Crippen LogP contribution in [0.1, 0.15) is 71.0 Å². The predicted molar refractivity (Wildman–Crippen MR) is 136 cm³/mol. The van der Waals surface area contributed by atoms with Gasteiger partial charge in [-0.25, -0.2) is 4.79 Å². The van der Waals surface area contributed by atoms with Crippen LogP contribution in [0.4, 0.5) is 4.79 Å². The summed E-state index contributed by atoms with van der Waals surface area (Å²) in [6.45, 7) is 13.0. The van der Waals surface area contributed by atoms with Crippen molar-refractivity contribution in [1.82, 2.24) is 20.9 Å². The maximum atomic E-state index is 13.9. The molecule has 11 nitrogen and oxygen atoms in total. The topological polar surface area (TPSA) is 160 Å². The molecule has 37 heavy (non-hydrogen) atoms. The summed E-state index contributed by atoms with van der Waals surface area (Å²) >= 11 is 0. The number of nitrogens with one attached hydrogen (secondary N) is 3. The normalized spacial score (nSPS) is 30.2. The summed E-state index contributed by atoms with van der Waals surface area (Å²) in [4.78, 5) is 66.1. The summed E-state index contributed by atoms with van der Waals surface area (Å²) in [6, 6.07) is -3.12. The average Bonchev–Trinajstić information content (AvgIpc) is 3.02. The highest BCUT2D eigenvalue weighted by Gasteiger charge is 2.70. The first-order valence-electron chi connectivity index (χ1n) is 13.8. The van der Waals surface area contributed by atoms with E-state index in [0.29, 0.717) is 6.54 Å². The first-order chi connectivity index (χ1) is 17.5. The standard InChI is InChI=1S/C26H43N5O6/c1-24(2,3)18(30-23(36)37-25(4,5)6)22(35)31-12-14-16(26(14,7)8)17(31)21(34)29-15(19(27)32)11-13-9-10-28-20(13)33/h13-18H,9-12H2,1-8H3,(H2,27,32)(H,28,33)(H,29,34)(H,30,36)/t13?,14-,15-,16-,17-,18+/m0/s1/i10D2. The van der Waals surface area contributed by atoms with Gasteiger partial charge in [-0.15, -0.1) is 0 Å². The average molecular weight is 524 g/mol. The number of nitrogens with two attached hydrogens (primary N) is 1. The van der Waals surface area contributed by atoms with E-state index in [1.165, 1.54) is 4.90 Å². The van der Waals surface area contributed by atoms with Crippen molar-refractivity contribution in [2.75, 3.05) is 13.0 Å². The molecular weight excluding hydrogens is 478 g/mol. The minimum Gasteiger partial charge on any atom is -0.444 e. The number of fused-ring (bicyclic) bond motifs is 1. The molecule has 11 heteroatoms. The van der Waals surface area contributed by atoms with E-state index >= 15 is 0 Å². The number of piperidine rings is 1. The van der Waals surface area contributed by atoms with Gasteiger partial charge in [0.25, 0.3) is 0 Å². The van der Waals surface area contributed by atoms with Crippen LogP contribution in [0.5, 0.6) is 0 Å². The Labute approximate surface area is 221 Å². The van der Waals surface area contributed by atoms with Gasteiger partial charge in [0, 0.05) is 21.7 Å². The third kappa shape index (κ3) is 6.18. The number of likely N-dealkylation sites (tertiary alicyclic amines) is 1. The highest BCUT2D eigenvalue weighted by atomic mass is 16.6. The maximum Gasteiger partial charge on any atom is 0.408 e. The molecule has 0 spiro atoms. The zero-order valence-electron chi connectivity index (χ0n) is 25.1. The first-order valence-corrected chi connectivity index (χ1v) is 12.8. The van der Waals surface area contributed by atoms with Crippen LogP contribution >= 0.6 is 0 Å². The molecule has 0 aromatic carbocycles. The fourth-order valence-corrected chi connectivity index (χ4v) is 5.49. The summed E-state index contributed by atoms with van der Waals surface area (Å²) < 4.78 is 20.9. The molecule has 1 unspecified atom stereocenters. The van der Waals surface area contributed by atoms with Gasteiger partial charge in [-0.2, -0.15) is 0 Å². The van der Waals surface area contributed by atoms with Crippen molar-refractivity contribution in [1.29, 1.82) is 0 Å². The molecule has 1 saturated carbocycles. The minimum absolute atomic E-state index is 0.0548. The molecule has 3 rings (SSSR count). The monoisotopic (exact) mass is 523 g/mol.